The molecule has 0 spiro atoms. The van der Waals surface area contributed by atoms with Crippen LogP contribution in [0.4, 0.5) is 0 Å². The molecular weight excluding hydrogens is 200 g/mol. The van der Waals surface area contributed by atoms with Crippen molar-refractivity contribution in [2.75, 3.05) is 20.1 Å². The van der Waals surface area contributed by atoms with Crippen molar-refractivity contribution in [1.29, 1.82) is 0 Å². The molecule has 16 heavy (non-hydrogen) atoms. The number of likely N-dealkylation sites (tertiary alicyclic amines) is 1. The fraction of sp³-hybridized carbons (Fsp3) is 0.692. The molecule has 1 saturated heterocycles. The van der Waals surface area contributed by atoms with Gasteiger partial charge in [-0.1, -0.05) is 6.42 Å². The van der Waals surface area contributed by atoms with Crippen LogP contribution >= 0.6 is 0 Å². The summed E-state index contributed by atoms with van der Waals surface area (Å²) < 4.78 is 5.73. The van der Waals surface area contributed by atoms with Crippen LogP contribution in [0.25, 0.3) is 0 Å². The second kappa shape index (κ2) is 5.02. The van der Waals surface area contributed by atoms with Gasteiger partial charge in [0.1, 0.15) is 11.5 Å². The molecular formula is C13H22N2O. The molecule has 0 radical (unpaired) electrons. The van der Waals surface area contributed by atoms with Crippen LogP contribution in [0.15, 0.2) is 16.5 Å². The Labute approximate surface area is 97.6 Å². The second-order valence-corrected chi connectivity index (χ2v) is 4.83. The number of furan rings is 1. The van der Waals surface area contributed by atoms with Crippen molar-refractivity contribution < 1.29 is 4.42 Å². The molecule has 2 N–H and O–H groups in total. The van der Waals surface area contributed by atoms with Crippen molar-refractivity contribution in [2.24, 2.45) is 5.73 Å². The maximum absolute atomic E-state index is 5.92. The lowest BCUT2D eigenvalue weighted by molar-refractivity contribution is 0.151. The first-order valence-corrected chi connectivity index (χ1v) is 6.19. The Bertz CT molecular complexity index is 334. The first-order valence-electron chi connectivity index (χ1n) is 6.19. The molecule has 3 nitrogen and oxygen atoms in total. The normalized spacial score (nSPS) is 24.6. The molecule has 0 aliphatic carbocycles. The molecule has 2 rings (SSSR count). The zero-order valence-electron chi connectivity index (χ0n) is 10.3. The van der Waals surface area contributed by atoms with Gasteiger partial charge in [-0.25, -0.2) is 0 Å². The molecule has 0 saturated carbocycles. The third kappa shape index (κ3) is 2.30. The molecule has 1 aromatic heterocycles. The highest BCUT2D eigenvalue weighted by Crippen LogP contribution is 2.29. The lowest BCUT2D eigenvalue weighted by Gasteiger charge is -2.36. The minimum absolute atomic E-state index is 0.346. The Balaban J connectivity index is 2.14. The van der Waals surface area contributed by atoms with Gasteiger partial charge in [-0.15, -0.1) is 0 Å². The molecule has 2 unspecified atom stereocenters. The van der Waals surface area contributed by atoms with Crippen LogP contribution in [-0.4, -0.2) is 31.1 Å². The number of aryl methyl sites for hydroxylation is 1. The van der Waals surface area contributed by atoms with E-state index in [1.165, 1.54) is 25.8 Å². The van der Waals surface area contributed by atoms with E-state index in [9.17, 15) is 0 Å². The summed E-state index contributed by atoms with van der Waals surface area (Å²) in [7, 11) is 2.20. The molecule has 90 valence electrons. The molecule has 1 aliphatic rings. The highest BCUT2D eigenvalue weighted by molar-refractivity contribution is 5.13. The average Bonchev–Trinajstić information content (AvgIpc) is 2.69. The van der Waals surface area contributed by atoms with Gasteiger partial charge in [0.25, 0.3) is 0 Å². The molecule has 0 aromatic carbocycles. The molecule has 1 aliphatic heterocycles. The molecule has 2 heterocycles. The van der Waals surface area contributed by atoms with E-state index < -0.39 is 0 Å². The Morgan fingerprint density at radius 2 is 2.31 bits per heavy atom. The summed E-state index contributed by atoms with van der Waals surface area (Å²) in [5.74, 6) is 2.38. The van der Waals surface area contributed by atoms with Gasteiger partial charge in [-0.2, -0.15) is 0 Å². The van der Waals surface area contributed by atoms with E-state index >= 15 is 0 Å². The van der Waals surface area contributed by atoms with Gasteiger partial charge in [0.05, 0.1) is 0 Å². The number of rotatable bonds is 3. The van der Waals surface area contributed by atoms with Crippen LogP contribution < -0.4 is 5.73 Å². The quantitative estimate of drug-likeness (QED) is 0.851. The van der Waals surface area contributed by atoms with Crippen LogP contribution in [0.3, 0.4) is 0 Å². The summed E-state index contributed by atoms with van der Waals surface area (Å²) in [5, 5.41) is 0. The second-order valence-electron chi connectivity index (χ2n) is 4.83. The number of nitrogens with zero attached hydrogens (tertiary/aromatic N) is 1. The van der Waals surface area contributed by atoms with E-state index in [0.29, 0.717) is 18.5 Å². The van der Waals surface area contributed by atoms with Crippen molar-refractivity contribution in [3.8, 4) is 0 Å². The number of hydrogen-bond acceptors (Lipinski definition) is 3. The number of likely N-dealkylation sites (N-methyl/N-ethyl adjacent to an activating group) is 1. The molecule has 0 bridgehead atoms. The Hall–Kier alpha value is -0.800. The van der Waals surface area contributed by atoms with Crippen molar-refractivity contribution in [1.82, 2.24) is 4.90 Å². The fourth-order valence-corrected chi connectivity index (χ4v) is 2.72. The summed E-state index contributed by atoms with van der Waals surface area (Å²) in [5.41, 5.74) is 5.92. The summed E-state index contributed by atoms with van der Waals surface area (Å²) >= 11 is 0. The first kappa shape index (κ1) is 11.7. The van der Waals surface area contributed by atoms with Crippen molar-refractivity contribution in [2.45, 2.75) is 38.1 Å². The van der Waals surface area contributed by atoms with E-state index in [0.717, 1.165) is 11.5 Å². The van der Waals surface area contributed by atoms with E-state index in [4.69, 9.17) is 10.2 Å². The topological polar surface area (TPSA) is 42.4 Å². The van der Waals surface area contributed by atoms with Gasteiger partial charge in [0, 0.05) is 18.5 Å². The van der Waals surface area contributed by atoms with Crippen LogP contribution in [0.1, 0.15) is 36.7 Å². The maximum Gasteiger partial charge on any atom is 0.110 e. The molecule has 3 heteroatoms. The Morgan fingerprint density at radius 1 is 1.50 bits per heavy atom. The summed E-state index contributed by atoms with van der Waals surface area (Å²) in [6, 6.07) is 4.65. The van der Waals surface area contributed by atoms with Gasteiger partial charge in [-0.3, -0.25) is 0 Å². The first-order chi connectivity index (χ1) is 7.72. The van der Waals surface area contributed by atoms with Crippen LogP contribution in [0, 0.1) is 6.92 Å². The molecule has 1 fully saturated rings. The Kier molecular flexibility index (Phi) is 3.66. The van der Waals surface area contributed by atoms with Gasteiger partial charge in [0.2, 0.25) is 0 Å². The van der Waals surface area contributed by atoms with Crippen molar-refractivity contribution >= 4 is 0 Å². The number of nitrogens with two attached hydrogens (primary N) is 1. The van der Waals surface area contributed by atoms with E-state index in [1.807, 2.05) is 13.0 Å². The predicted octanol–water partition coefficient (Wildman–Crippen LogP) is 2.11. The zero-order valence-corrected chi connectivity index (χ0v) is 10.3. The lowest BCUT2D eigenvalue weighted by Crippen LogP contribution is -2.42. The highest BCUT2D eigenvalue weighted by Gasteiger charge is 2.29. The minimum atomic E-state index is 0.346. The Morgan fingerprint density at radius 3 is 2.88 bits per heavy atom. The summed E-state index contributed by atoms with van der Waals surface area (Å²) in [6.07, 6.45) is 3.85. The molecule has 2 atom stereocenters. The van der Waals surface area contributed by atoms with Crippen LogP contribution in [0.5, 0.6) is 0 Å². The largest absolute Gasteiger partial charge is 0.466 e. The third-order valence-corrected chi connectivity index (χ3v) is 3.67. The zero-order chi connectivity index (χ0) is 11.5. The van der Waals surface area contributed by atoms with Gasteiger partial charge in [-0.05, 0) is 45.5 Å². The standard InChI is InChI=1S/C13H22N2O/c1-10-6-7-13(16-10)11(9-14)12-5-3-4-8-15(12)2/h6-7,11-12H,3-5,8-9,14H2,1-2H3. The predicted molar refractivity (Wildman–Crippen MR) is 65.5 cm³/mol. The molecule has 0 amide bonds. The van der Waals surface area contributed by atoms with Gasteiger partial charge < -0.3 is 15.1 Å². The van der Waals surface area contributed by atoms with E-state index in [1.54, 1.807) is 0 Å². The smallest absolute Gasteiger partial charge is 0.110 e. The van der Waals surface area contributed by atoms with Crippen LogP contribution in [0.2, 0.25) is 0 Å². The van der Waals surface area contributed by atoms with E-state index in [-0.39, 0.29) is 0 Å². The van der Waals surface area contributed by atoms with Gasteiger partial charge in [0.15, 0.2) is 0 Å². The number of piperidine rings is 1. The number of hydrogen-bond donors (Lipinski definition) is 1. The van der Waals surface area contributed by atoms with Crippen LogP contribution in [-0.2, 0) is 0 Å². The van der Waals surface area contributed by atoms with E-state index in [2.05, 4.69) is 18.0 Å². The van der Waals surface area contributed by atoms with Gasteiger partial charge >= 0.3 is 0 Å². The SMILES string of the molecule is Cc1ccc(C(CN)C2CCCCN2C)o1. The maximum atomic E-state index is 5.92. The fourth-order valence-electron chi connectivity index (χ4n) is 2.72. The monoisotopic (exact) mass is 222 g/mol. The summed E-state index contributed by atoms with van der Waals surface area (Å²) in [4.78, 5) is 2.43. The molecule has 1 aromatic rings. The van der Waals surface area contributed by atoms with Crippen molar-refractivity contribution in [3.05, 3.63) is 23.7 Å². The summed E-state index contributed by atoms with van der Waals surface area (Å²) in [6.45, 7) is 3.84. The average molecular weight is 222 g/mol. The van der Waals surface area contributed by atoms with Crippen molar-refractivity contribution in [3.63, 3.8) is 0 Å². The lowest BCUT2D eigenvalue weighted by atomic mass is 9.89. The minimum Gasteiger partial charge on any atom is -0.466 e. The highest BCUT2D eigenvalue weighted by atomic mass is 16.3. The third-order valence-electron chi connectivity index (χ3n) is 3.67.